The minimum atomic E-state index is -0.655. The number of nitro groups is 1. The van der Waals surface area contributed by atoms with E-state index in [0.717, 1.165) is 32.4 Å². The lowest BCUT2D eigenvalue weighted by atomic mass is 10.0. The Hall–Kier alpha value is -1.70. The molecule has 1 aliphatic rings. The second-order valence-electron chi connectivity index (χ2n) is 5.71. The molecule has 0 aromatic heterocycles. The number of hydrogen-bond donors (Lipinski definition) is 2. The topological polar surface area (TPSA) is 102 Å². The predicted octanol–water partition coefficient (Wildman–Crippen LogP) is 1.69. The number of halogens is 1. The van der Waals surface area contributed by atoms with E-state index in [9.17, 15) is 14.9 Å². The second kappa shape index (κ2) is 8.81. The molecule has 0 bridgehead atoms. The van der Waals surface area contributed by atoms with Gasteiger partial charge in [0.2, 0.25) is 5.91 Å². The van der Waals surface area contributed by atoms with Crippen LogP contribution in [0.5, 0.6) is 0 Å². The summed E-state index contributed by atoms with van der Waals surface area (Å²) in [5, 5.41) is 14.6. The van der Waals surface area contributed by atoms with E-state index in [4.69, 9.17) is 5.73 Å². The number of amides is 1. The zero-order chi connectivity index (χ0) is 16.1. The molecule has 1 atom stereocenters. The van der Waals surface area contributed by atoms with Gasteiger partial charge in [-0.05, 0) is 45.5 Å². The van der Waals surface area contributed by atoms with Gasteiger partial charge in [0, 0.05) is 29.8 Å². The molecule has 0 radical (unpaired) electrons. The summed E-state index contributed by atoms with van der Waals surface area (Å²) in [4.78, 5) is 24.1. The minimum absolute atomic E-state index is 0. The Morgan fingerprint density at radius 1 is 1.43 bits per heavy atom. The van der Waals surface area contributed by atoms with Crippen molar-refractivity contribution >= 4 is 24.0 Å². The van der Waals surface area contributed by atoms with Gasteiger partial charge in [-0.1, -0.05) is 6.07 Å². The fourth-order valence-corrected chi connectivity index (χ4v) is 2.86. The molecule has 23 heavy (non-hydrogen) atoms. The van der Waals surface area contributed by atoms with Crippen molar-refractivity contribution in [2.45, 2.75) is 31.8 Å². The molecule has 0 saturated carbocycles. The highest BCUT2D eigenvalue weighted by Crippen LogP contribution is 2.23. The smallest absolute Gasteiger partial charge is 0.274 e. The number of benzene rings is 1. The van der Waals surface area contributed by atoms with Gasteiger partial charge in [0.15, 0.2) is 0 Å². The summed E-state index contributed by atoms with van der Waals surface area (Å²) in [6.07, 6.45) is 3.22. The quantitative estimate of drug-likeness (QED) is 0.626. The Labute approximate surface area is 141 Å². The van der Waals surface area contributed by atoms with Gasteiger partial charge >= 0.3 is 0 Å². The van der Waals surface area contributed by atoms with E-state index < -0.39 is 10.8 Å². The van der Waals surface area contributed by atoms with Crippen LogP contribution in [0.3, 0.4) is 0 Å². The zero-order valence-corrected chi connectivity index (χ0v) is 14.0. The SMILES string of the molecule is CN(Cc1ccc(C(N)=O)cc1[N+](=O)[O-])C1CCCNCC1.Cl. The molecule has 128 valence electrons. The van der Waals surface area contributed by atoms with Gasteiger partial charge in [-0.25, -0.2) is 0 Å². The van der Waals surface area contributed by atoms with Crippen molar-refractivity contribution in [3.05, 3.63) is 39.4 Å². The standard InChI is InChI=1S/C15H22N4O3.ClH/c1-18(13-3-2-7-17-8-6-13)10-12-5-4-11(15(16)20)9-14(12)19(21)22;/h4-5,9,13,17H,2-3,6-8,10H2,1H3,(H2,16,20);1H. The minimum Gasteiger partial charge on any atom is -0.366 e. The van der Waals surface area contributed by atoms with Gasteiger partial charge in [-0.2, -0.15) is 0 Å². The Morgan fingerprint density at radius 2 is 2.17 bits per heavy atom. The number of rotatable bonds is 5. The highest BCUT2D eigenvalue weighted by molar-refractivity contribution is 5.93. The molecule has 1 heterocycles. The molecular weight excluding hydrogens is 320 g/mol. The predicted molar refractivity (Wildman–Crippen MR) is 90.8 cm³/mol. The number of hydrogen-bond acceptors (Lipinski definition) is 5. The van der Waals surface area contributed by atoms with E-state index in [1.165, 1.54) is 6.07 Å². The van der Waals surface area contributed by atoms with Crippen molar-refractivity contribution in [2.24, 2.45) is 5.73 Å². The maximum Gasteiger partial charge on any atom is 0.274 e. The molecule has 0 spiro atoms. The van der Waals surface area contributed by atoms with Crippen LogP contribution in [0.15, 0.2) is 18.2 Å². The molecule has 1 amide bonds. The molecule has 7 nitrogen and oxygen atoms in total. The van der Waals surface area contributed by atoms with Crippen LogP contribution >= 0.6 is 12.4 Å². The van der Waals surface area contributed by atoms with Crippen LogP contribution in [0.25, 0.3) is 0 Å². The fourth-order valence-electron chi connectivity index (χ4n) is 2.86. The Morgan fingerprint density at radius 3 is 2.83 bits per heavy atom. The number of nitrogens with two attached hydrogens (primary N) is 1. The molecular formula is C15H23ClN4O3. The third-order valence-corrected chi connectivity index (χ3v) is 4.15. The summed E-state index contributed by atoms with van der Waals surface area (Å²) >= 11 is 0. The van der Waals surface area contributed by atoms with Crippen LogP contribution < -0.4 is 11.1 Å². The molecule has 1 aromatic carbocycles. The molecule has 1 aromatic rings. The molecule has 8 heteroatoms. The van der Waals surface area contributed by atoms with E-state index in [0.29, 0.717) is 18.2 Å². The first-order chi connectivity index (χ1) is 10.5. The molecule has 1 saturated heterocycles. The maximum atomic E-state index is 11.2. The average Bonchev–Trinajstić information content (AvgIpc) is 2.76. The van der Waals surface area contributed by atoms with Crippen LogP contribution in [0, 0.1) is 10.1 Å². The highest BCUT2D eigenvalue weighted by Gasteiger charge is 2.21. The first-order valence-corrected chi connectivity index (χ1v) is 7.47. The number of carbonyl (C=O) groups excluding carboxylic acids is 1. The molecule has 0 aliphatic carbocycles. The number of nitrogens with one attached hydrogen (secondary N) is 1. The first-order valence-electron chi connectivity index (χ1n) is 7.47. The molecule has 3 N–H and O–H groups in total. The Balaban J connectivity index is 0.00000264. The average molecular weight is 343 g/mol. The van der Waals surface area contributed by atoms with Gasteiger partial charge in [0.05, 0.1) is 4.92 Å². The van der Waals surface area contributed by atoms with Crippen LogP contribution in [-0.4, -0.2) is 41.9 Å². The third kappa shape index (κ3) is 5.16. The molecule has 1 aliphatic heterocycles. The lowest BCUT2D eigenvalue weighted by molar-refractivity contribution is -0.385. The second-order valence-corrected chi connectivity index (χ2v) is 5.71. The van der Waals surface area contributed by atoms with Crippen molar-refractivity contribution in [2.75, 3.05) is 20.1 Å². The number of nitro benzene ring substituents is 1. The van der Waals surface area contributed by atoms with Crippen LogP contribution in [0.1, 0.15) is 35.2 Å². The van der Waals surface area contributed by atoms with Gasteiger partial charge in [-0.15, -0.1) is 12.4 Å². The zero-order valence-electron chi connectivity index (χ0n) is 13.2. The van der Waals surface area contributed by atoms with Gasteiger partial charge in [0.25, 0.3) is 5.69 Å². The first kappa shape index (κ1) is 19.3. The summed E-state index contributed by atoms with van der Waals surface area (Å²) in [5.74, 6) is -0.655. The monoisotopic (exact) mass is 342 g/mol. The lowest BCUT2D eigenvalue weighted by Gasteiger charge is -2.26. The summed E-state index contributed by atoms with van der Waals surface area (Å²) in [6.45, 7) is 2.48. The molecule has 2 rings (SSSR count). The highest BCUT2D eigenvalue weighted by atomic mass is 35.5. The lowest BCUT2D eigenvalue weighted by Crippen LogP contribution is -2.32. The van der Waals surface area contributed by atoms with Crippen molar-refractivity contribution in [3.8, 4) is 0 Å². The maximum absolute atomic E-state index is 11.2. The fraction of sp³-hybridized carbons (Fsp3) is 0.533. The van der Waals surface area contributed by atoms with Crippen molar-refractivity contribution < 1.29 is 9.72 Å². The number of primary amides is 1. The van der Waals surface area contributed by atoms with Gasteiger partial charge < -0.3 is 11.1 Å². The van der Waals surface area contributed by atoms with Crippen molar-refractivity contribution in [3.63, 3.8) is 0 Å². The van der Waals surface area contributed by atoms with Gasteiger partial charge in [0.1, 0.15) is 0 Å². The van der Waals surface area contributed by atoms with Crippen LogP contribution in [0.4, 0.5) is 5.69 Å². The van der Waals surface area contributed by atoms with Gasteiger partial charge in [-0.3, -0.25) is 19.8 Å². The van der Waals surface area contributed by atoms with E-state index in [-0.39, 0.29) is 23.7 Å². The van der Waals surface area contributed by atoms with Crippen molar-refractivity contribution in [1.29, 1.82) is 0 Å². The van der Waals surface area contributed by atoms with Crippen molar-refractivity contribution in [1.82, 2.24) is 10.2 Å². The normalized spacial score (nSPS) is 18.1. The molecule has 1 unspecified atom stereocenters. The third-order valence-electron chi connectivity index (χ3n) is 4.15. The van der Waals surface area contributed by atoms with Crippen LogP contribution in [-0.2, 0) is 6.54 Å². The summed E-state index contributed by atoms with van der Waals surface area (Å²) in [7, 11) is 1.99. The van der Waals surface area contributed by atoms with E-state index in [1.807, 2.05) is 7.05 Å². The Bertz CT molecular complexity index is 560. The number of nitrogens with zero attached hydrogens (tertiary/aromatic N) is 2. The largest absolute Gasteiger partial charge is 0.366 e. The summed E-state index contributed by atoms with van der Waals surface area (Å²) in [6, 6.07) is 4.85. The van der Waals surface area contributed by atoms with E-state index >= 15 is 0 Å². The Kier molecular flexibility index (Phi) is 7.41. The number of carbonyl (C=O) groups is 1. The van der Waals surface area contributed by atoms with E-state index in [1.54, 1.807) is 12.1 Å². The summed E-state index contributed by atoms with van der Waals surface area (Å²) in [5.41, 5.74) is 5.91. The van der Waals surface area contributed by atoms with Crippen LogP contribution in [0.2, 0.25) is 0 Å². The summed E-state index contributed by atoms with van der Waals surface area (Å²) < 4.78 is 0. The molecule has 1 fully saturated rings. The van der Waals surface area contributed by atoms with E-state index in [2.05, 4.69) is 10.2 Å².